The molecule has 2 rings (SSSR count). The third-order valence-corrected chi connectivity index (χ3v) is 3.34. The number of rotatable bonds is 2. The first-order valence-electron chi connectivity index (χ1n) is 5.98. The summed E-state index contributed by atoms with van der Waals surface area (Å²) in [6, 6.07) is 0.593. The van der Waals surface area contributed by atoms with Crippen molar-refractivity contribution in [3.63, 3.8) is 0 Å². The summed E-state index contributed by atoms with van der Waals surface area (Å²) >= 11 is 0. The van der Waals surface area contributed by atoms with Crippen LogP contribution < -0.4 is 11.1 Å². The topological polar surface area (TPSA) is 47.3 Å². The molecule has 2 fully saturated rings. The van der Waals surface area contributed by atoms with Crippen LogP contribution in [0.4, 0.5) is 0 Å². The SMILES string of the molecule is NC1CCCCC(CC2CCCO2)N1. The molecule has 0 radical (unpaired) electrons. The Morgan fingerprint density at radius 1 is 1.14 bits per heavy atom. The second-order valence-electron chi connectivity index (χ2n) is 4.63. The molecule has 2 aliphatic heterocycles. The van der Waals surface area contributed by atoms with Gasteiger partial charge in [0.05, 0.1) is 12.3 Å². The Kier molecular flexibility index (Phi) is 3.79. The Labute approximate surface area is 86.4 Å². The third kappa shape index (κ3) is 2.94. The third-order valence-electron chi connectivity index (χ3n) is 3.34. The van der Waals surface area contributed by atoms with E-state index < -0.39 is 0 Å². The largest absolute Gasteiger partial charge is 0.378 e. The van der Waals surface area contributed by atoms with Crippen LogP contribution in [0.3, 0.4) is 0 Å². The quantitative estimate of drug-likeness (QED) is 0.704. The number of nitrogens with one attached hydrogen (secondary N) is 1. The molecule has 0 bridgehead atoms. The van der Waals surface area contributed by atoms with Crippen LogP contribution in [0.5, 0.6) is 0 Å². The maximum atomic E-state index is 5.95. The summed E-state index contributed by atoms with van der Waals surface area (Å²) in [6.07, 6.45) is 9.34. The minimum Gasteiger partial charge on any atom is -0.378 e. The fourth-order valence-electron chi connectivity index (χ4n) is 2.56. The molecule has 82 valence electrons. The molecule has 3 nitrogen and oxygen atoms in total. The molecule has 3 atom stereocenters. The molecule has 0 aliphatic carbocycles. The van der Waals surface area contributed by atoms with Crippen LogP contribution in [-0.2, 0) is 4.74 Å². The van der Waals surface area contributed by atoms with Gasteiger partial charge >= 0.3 is 0 Å². The first kappa shape index (κ1) is 10.4. The van der Waals surface area contributed by atoms with Crippen LogP contribution in [0, 0.1) is 0 Å². The van der Waals surface area contributed by atoms with Crippen molar-refractivity contribution in [3.8, 4) is 0 Å². The van der Waals surface area contributed by atoms with Crippen molar-refractivity contribution in [2.24, 2.45) is 5.73 Å². The van der Waals surface area contributed by atoms with E-state index in [4.69, 9.17) is 10.5 Å². The minimum absolute atomic E-state index is 0.212. The molecular weight excluding hydrogens is 176 g/mol. The summed E-state index contributed by atoms with van der Waals surface area (Å²) in [5.41, 5.74) is 5.95. The zero-order valence-corrected chi connectivity index (χ0v) is 8.87. The summed E-state index contributed by atoms with van der Waals surface area (Å²) in [5.74, 6) is 0. The van der Waals surface area contributed by atoms with Crippen molar-refractivity contribution in [2.45, 2.75) is 63.3 Å². The lowest BCUT2D eigenvalue weighted by atomic mass is 10.0. The van der Waals surface area contributed by atoms with Crippen LogP contribution in [0.25, 0.3) is 0 Å². The standard InChI is InChI=1S/C11H22N2O/c12-11-6-2-1-4-9(13-11)8-10-5-3-7-14-10/h9-11,13H,1-8,12H2. The van der Waals surface area contributed by atoms with Crippen molar-refractivity contribution in [3.05, 3.63) is 0 Å². The second-order valence-corrected chi connectivity index (χ2v) is 4.63. The first-order valence-corrected chi connectivity index (χ1v) is 5.98. The van der Waals surface area contributed by atoms with Gasteiger partial charge in [-0.1, -0.05) is 12.8 Å². The van der Waals surface area contributed by atoms with Gasteiger partial charge in [0.2, 0.25) is 0 Å². The predicted octanol–water partition coefficient (Wildman–Crippen LogP) is 1.37. The van der Waals surface area contributed by atoms with E-state index in [1.165, 1.54) is 32.1 Å². The van der Waals surface area contributed by atoms with Gasteiger partial charge in [0.25, 0.3) is 0 Å². The van der Waals surface area contributed by atoms with Crippen molar-refractivity contribution >= 4 is 0 Å². The summed E-state index contributed by atoms with van der Waals surface area (Å²) < 4.78 is 5.65. The monoisotopic (exact) mass is 198 g/mol. The normalized spacial score (nSPS) is 39.6. The van der Waals surface area contributed by atoms with E-state index in [0.717, 1.165) is 19.4 Å². The van der Waals surface area contributed by atoms with Gasteiger partial charge in [-0.25, -0.2) is 0 Å². The molecule has 0 spiro atoms. The van der Waals surface area contributed by atoms with Gasteiger partial charge in [0, 0.05) is 12.6 Å². The predicted molar refractivity (Wildman–Crippen MR) is 57.0 cm³/mol. The van der Waals surface area contributed by atoms with Gasteiger partial charge in [0.1, 0.15) is 0 Å². The smallest absolute Gasteiger partial charge is 0.0590 e. The summed E-state index contributed by atoms with van der Waals surface area (Å²) in [7, 11) is 0. The molecule has 14 heavy (non-hydrogen) atoms. The highest BCUT2D eigenvalue weighted by Crippen LogP contribution is 2.21. The number of hydrogen-bond acceptors (Lipinski definition) is 3. The van der Waals surface area contributed by atoms with E-state index in [1.807, 2.05) is 0 Å². The Bertz CT molecular complexity index is 169. The highest BCUT2D eigenvalue weighted by atomic mass is 16.5. The number of ether oxygens (including phenoxy) is 1. The molecule has 2 saturated heterocycles. The summed E-state index contributed by atoms with van der Waals surface area (Å²) in [6.45, 7) is 0.962. The van der Waals surface area contributed by atoms with Crippen LogP contribution in [-0.4, -0.2) is 24.9 Å². The molecular formula is C11H22N2O. The average molecular weight is 198 g/mol. The molecule has 3 N–H and O–H groups in total. The van der Waals surface area contributed by atoms with Crippen molar-refractivity contribution < 1.29 is 4.74 Å². The van der Waals surface area contributed by atoms with Gasteiger partial charge in [-0.15, -0.1) is 0 Å². The van der Waals surface area contributed by atoms with Gasteiger partial charge in [-0.05, 0) is 32.1 Å². The average Bonchev–Trinajstić information content (AvgIpc) is 2.56. The zero-order chi connectivity index (χ0) is 9.80. The maximum absolute atomic E-state index is 5.95. The van der Waals surface area contributed by atoms with Gasteiger partial charge in [-0.2, -0.15) is 0 Å². The van der Waals surface area contributed by atoms with Gasteiger partial charge < -0.3 is 10.5 Å². The van der Waals surface area contributed by atoms with E-state index in [2.05, 4.69) is 5.32 Å². The lowest BCUT2D eigenvalue weighted by Crippen LogP contribution is -2.43. The Morgan fingerprint density at radius 3 is 2.79 bits per heavy atom. The van der Waals surface area contributed by atoms with E-state index in [-0.39, 0.29) is 6.17 Å². The number of nitrogens with two attached hydrogens (primary N) is 1. The molecule has 0 aromatic rings. The van der Waals surface area contributed by atoms with Gasteiger partial charge in [0.15, 0.2) is 0 Å². The van der Waals surface area contributed by atoms with Crippen LogP contribution in [0.1, 0.15) is 44.9 Å². The van der Waals surface area contributed by atoms with E-state index in [0.29, 0.717) is 12.1 Å². The molecule has 3 heteroatoms. The lowest BCUT2D eigenvalue weighted by Gasteiger charge is -2.22. The van der Waals surface area contributed by atoms with Crippen molar-refractivity contribution in [1.82, 2.24) is 5.32 Å². The molecule has 2 aliphatic rings. The van der Waals surface area contributed by atoms with E-state index in [9.17, 15) is 0 Å². The molecule has 2 heterocycles. The second kappa shape index (κ2) is 5.10. The number of hydrogen-bond donors (Lipinski definition) is 2. The van der Waals surface area contributed by atoms with Crippen LogP contribution in [0.15, 0.2) is 0 Å². The fourth-order valence-corrected chi connectivity index (χ4v) is 2.56. The van der Waals surface area contributed by atoms with Crippen LogP contribution in [0.2, 0.25) is 0 Å². The van der Waals surface area contributed by atoms with Crippen molar-refractivity contribution in [2.75, 3.05) is 6.61 Å². The first-order chi connectivity index (χ1) is 6.84. The van der Waals surface area contributed by atoms with E-state index in [1.54, 1.807) is 0 Å². The molecule has 0 aromatic heterocycles. The van der Waals surface area contributed by atoms with E-state index >= 15 is 0 Å². The lowest BCUT2D eigenvalue weighted by molar-refractivity contribution is 0.0929. The molecule has 0 aromatic carbocycles. The zero-order valence-electron chi connectivity index (χ0n) is 8.87. The maximum Gasteiger partial charge on any atom is 0.0590 e. The highest BCUT2D eigenvalue weighted by Gasteiger charge is 2.23. The Hall–Kier alpha value is -0.120. The molecule has 0 saturated carbocycles. The Balaban J connectivity index is 1.77. The van der Waals surface area contributed by atoms with Crippen molar-refractivity contribution in [1.29, 1.82) is 0 Å². The fraction of sp³-hybridized carbons (Fsp3) is 1.00. The summed E-state index contributed by atoms with van der Waals surface area (Å²) in [5, 5.41) is 3.50. The van der Waals surface area contributed by atoms with Crippen LogP contribution >= 0.6 is 0 Å². The van der Waals surface area contributed by atoms with Gasteiger partial charge in [-0.3, -0.25) is 5.32 Å². The molecule has 3 unspecified atom stereocenters. The molecule has 0 amide bonds. The highest BCUT2D eigenvalue weighted by molar-refractivity contribution is 4.79. The Morgan fingerprint density at radius 2 is 2.00 bits per heavy atom. The summed E-state index contributed by atoms with van der Waals surface area (Å²) in [4.78, 5) is 0. The minimum atomic E-state index is 0.212.